The van der Waals surface area contributed by atoms with Gasteiger partial charge in [0.15, 0.2) is 0 Å². The second kappa shape index (κ2) is 6.27. The Labute approximate surface area is 128 Å². The van der Waals surface area contributed by atoms with Crippen molar-refractivity contribution in [1.29, 1.82) is 0 Å². The summed E-state index contributed by atoms with van der Waals surface area (Å²) in [7, 11) is 0. The van der Waals surface area contributed by atoms with Gasteiger partial charge in [0.05, 0.1) is 12.8 Å². The zero-order chi connectivity index (χ0) is 14.7. The van der Waals surface area contributed by atoms with Gasteiger partial charge in [0, 0.05) is 29.5 Å². The molecule has 0 spiro atoms. The van der Waals surface area contributed by atoms with Crippen LogP contribution in [0.3, 0.4) is 0 Å². The lowest BCUT2D eigenvalue weighted by Gasteiger charge is -2.20. The largest absolute Gasteiger partial charge is 0.469 e. The van der Waals surface area contributed by atoms with Gasteiger partial charge in [0.25, 0.3) is 0 Å². The number of furan rings is 1. The Hall–Kier alpha value is -1.87. The van der Waals surface area contributed by atoms with Crippen molar-refractivity contribution in [1.82, 2.24) is 0 Å². The van der Waals surface area contributed by atoms with Crippen LogP contribution in [0.5, 0.6) is 0 Å². The van der Waals surface area contributed by atoms with Crippen molar-refractivity contribution < 1.29 is 9.21 Å². The Kier molecular flexibility index (Phi) is 4.20. The van der Waals surface area contributed by atoms with Crippen LogP contribution in [0.15, 0.2) is 52.1 Å². The minimum Gasteiger partial charge on any atom is -0.469 e. The lowest BCUT2D eigenvalue weighted by Crippen LogP contribution is -2.21. The second-order valence-electron chi connectivity index (χ2n) is 5.34. The highest BCUT2D eigenvalue weighted by Gasteiger charge is 2.26. The number of Topliss-reactive ketones (excluding diaryl/α,β-unsaturated/α-hetero) is 1. The van der Waals surface area contributed by atoms with Crippen LogP contribution in [0, 0.1) is 0 Å². The average Bonchev–Trinajstić information content (AvgIpc) is 3.00. The van der Waals surface area contributed by atoms with Crippen LogP contribution in [0.2, 0.25) is 5.02 Å². The van der Waals surface area contributed by atoms with Crippen molar-refractivity contribution in [2.24, 2.45) is 4.99 Å². The van der Waals surface area contributed by atoms with E-state index in [4.69, 9.17) is 16.0 Å². The van der Waals surface area contributed by atoms with Crippen LogP contribution < -0.4 is 0 Å². The molecule has 21 heavy (non-hydrogen) atoms. The minimum absolute atomic E-state index is 0.130. The van der Waals surface area contributed by atoms with E-state index in [1.54, 1.807) is 6.26 Å². The Balaban J connectivity index is 1.70. The minimum atomic E-state index is 0.130. The molecule has 0 bridgehead atoms. The Morgan fingerprint density at radius 3 is 2.71 bits per heavy atom. The summed E-state index contributed by atoms with van der Waals surface area (Å²) in [6, 6.07) is 11.4. The standard InChI is InChI=1S/C17H16ClNO2/c18-14-5-3-12(4-6-14)11-19-15-8-13(9-16(20)10-15)17-2-1-7-21-17/h1-7,13H,8-11H2/t13-/m0/s1. The van der Waals surface area contributed by atoms with Crippen LogP contribution in [0.1, 0.15) is 36.5 Å². The van der Waals surface area contributed by atoms with E-state index in [0.29, 0.717) is 19.4 Å². The molecule has 0 N–H and O–H groups in total. The van der Waals surface area contributed by atoms with Gasteiger partial charge >= 0.3 is 0 Å². The van der Waals surface area contributed by atoms with E-state index >= 15 is 0 Å². The topological polar surface area (TPSA) is 42.6 Å². The molecule has 1 fully saturated rings. The van der Waals surface area contributed by atoms with Gasteiger partial charge in [0.2, 0.25) is 0 Å². The molecule has 1 heterocycles. The van der Waals surface area contributed by atoms with E-state index in [9.17, 15) is 4.79 Å². The number of halogens is 1. The SMILES string of the molecule is O=C1CC(=NCc2ccc(Cl)cc2)C[C@H](c2ccco2)C1. The van der Waals surface area contributed by atoms with Crippen molar-refractivity contribution in [3.63, 3.8) is 0 Å². The Morgan fingerprint density at radius 1 is 1.19 bits per heavy atom. The molecule has 1 aromatic heterocycles. The molecule has 1 saturated carbocycles. The molecule has 108 valence electrons. The van der Waals surface area contributed by atoms with E-state index in [-0.39, 0.29) is 11.7 Å². The van der Waals surface area contributed by atoms with Crippen molar-refractivity contribution in [2.45, 2.75) is 31.7 Å². The van der Waals surface area contributed by atoms with Gasteiger partial charge in [-0.3, -0.25) is 9.79 Å². The molecule has 1 aliphatic rings. The number of benzene rings is 1. The van der Waals surface area contributed by atoms with Crippen LogP contribution in [0.4, 0.5) is 0 Å². The molecule has 0 aliphatic heterocycles. The number of ketones is 1. The molecule has 2 aromatic rings. The van der Waals surface area contributed by atoms with Crippen LogP contribution in [-0.4, -0.2) is 11.5 Å². The fourth-order valence-electron chi connectivity index (χ4n) is 2.64. The molecule has 0 unspecified atom stereocenters. The highest BCUT2D eigenvalue weighted by atomic mass is 35.5. The number of carbonyl (C=O) groups is 1. The van der Waals surface area contributed by atoms with Crippen molar-refractivity contribution in [2.75, 3.05) is 0 Å². The maximum atomic E-state index is 11.9. The normalized spacial score (nSPS) is 20.9. The first-order valence-corrected chi connectivity index (χ1v) is 7.40. The fourth-order valence-corrected chi connectivity index (χ4v) is 2.77. The molecular formula is C17H16ClNO2. The molecule has 0 saturated heterocycles. The number of aliphatic imine (C=N–C) groups is 1. The molecular weight excluding hydrogens is 286 g/mol. The smallest absolute Gasteiger partial charge is 0.139 e. The summed E-state index contributed by atoms with van der Waals surface area (Å²) in [4.78, 5) is 16.5. The summed E-state index contributed by atoms with van der Waals surface area (Å²) < 4.78 is 5.42. The maximum absolute atomic E-state index is 11.9. The molecule has 1 atom stereocenters. The third kappa shape index (κ3) is 3.61. The van der Waals surface area contributed by atoms with Gasteiger partial charge < -0.3 is 4.42 Å². The lowest BCUT2D eigenvalue weighted by molar-refractivity contribution is -0.118. The van der Waals surface area contributed by atoms with Gasteiger partial charge in [-0.15, -0.1) is 0 Å². The van der Waals surface area contributed by atoms with E-state index in [0.717, 1.165) is 28.5 Å². The number of carbonyl (C=O) groups excluding carboxylic acids is 1. The third-order valence-electron chi connectivity index (χ3n) is 3.70. The highest BCUT2D eigenvalue weighted by Crippen LogP contribution is 2.30. The van der Waals surface area contributed by atoms with Crippen molar-refractivity contribution in [3.05, 3.63) is 59.0 Å². The molecule has 3 rings (SSSR count). The van der Waals surface area contributed by atoms with E-state index in [2.05, 4.69) is 4.99 Å². The van der Waals surface area contributed by atoms with Gasteiger partial charge in [0.1, 0.15) is 11.5 Å². The second-order valence-corrected chi connectivity index (χ2v) is 5.78. The van der Waals surface area contributed by atoms with E-state index in [1.165, 1.54) is 0 Å². The summed E-state index contributed by atoms with van der Waals surface area (Å²) >= 11 is 5.86. The molecule has 0 amide bonds. The number of hydrogen-bond donors (Lipinski definition) is 0. The average molecular weight is 302 g/mol. The quantitative estimate of drug-likeness (QED) is 0.842. The van der Waals surface area contributed by atoms with E-state index in [1.807, 2.05) is 36.4 Å². The Morgan fingerprint density at radius 2 is 2.00 bits per heavy atom. The molecule has 4 heteroatoms. The Bertz CT molecular complexity index is 644. The van der Waals surface area contributed by atoms with E-state index < -0.39 is 0 Å². The van der Waals surface area contributed by atoms with Crippen LogP contribution in [0.25, 0.3) is 0 Å². The zero-order valence-electron chi connectivity index (χ0n) is 11.6. The first-order valence-electron chi connectivity index (χ1n) is 7.02. The predicted octanol–water partition coefficient (Wildman–Crippen LogP) is 4.41. The fraction of sp³-hybridized carbons (Fsp3) is 0.294. The maximum Gasteiger partial charge on any atom is 0.139 e. The first-order chi connectivity index (χ1) is 10.2. The van der Waals surface area contributed by atoms with Crippen LogP contribution >= 0.6 is 11.6 Å². The number of rotatable bonds is 3. The molecule has 0 radical (unpaired) electrons. The zero-order valence-corrected chi connectivity index (χ0v) is 12.3. The van der Waals surface area contributed by atoms with Crippen LogP contribution in [-0.2, 0) is 11.3 Å². The van der Waals surface area contributed by atoms with Crippen molar-refractivity contribution in [3.8, 4) is 0 Å². The third-order valence-corrected chi connectivity index (χ3v) is 3.95. The monoisotopic (exact) mass is 301 g/mol. The van der Waals surface area contributed by atoms with Gasteiger partial charge in [-0.2, -0.15) is 0 Å². The molecule has 1 aliphatic carbocycles. The molecule has 3 nitrogen and oxygen atoms in total. The highest BCUT2D eigenvalue weighted by molar-refractivity contribution is 6.30. The first kappa shape index (κ1) is 14.1. The molecule has 1 aromatic carbocycles. The number of hydrogen-bond acceptors (Lipinski definition) is 3. The van der Waals surface area contributed by atoms with Gasteiger partial charge in [-0.25, -0.2) is 0 Å². The summed E-state index contributed by atoms with van der Waals surface area (Å²) in [5.74, 6) is 1.24. The lowest BCUT2D eigenvalue weighted by atomic mass is 9.85. The summed E-state index contributed by atoms with van der Waals surface area (Å²) in [5.41, 5.74) is 2.06. The summed E-state index contributed by atoms with van der Waals surface area (Å²) in [5, 5.41) is 0.720. The van der Waals surface area contributed by atoms with Gasteiger partial charge in [-0.05, 0) is 36.2 Å². The summed E-state index contributed by atoms with van der Waals surface area (Å²) in [6.07, 6.45) is 3.46. The summed E-state index contributed by atoms with van der Waals surface area (Å²) in [6.45, 7) is 0.588. The van der Waals surface area contributed by atoms with Crippen molar-refractivity contribution >= 4 is 23.1 Å². The van der Waals surface area contributed by atoms with Gasteiger partial charge in [-0.1, -0.05) is 23.7 Å². The number of nitrogens with zero attached hydrogens (tertiary/aromatic N) is 1. The predicted molar refractivity (Wildman–Crippen MR) is 82.9 cm³/mol.